The fourth-order valence-electron chi connectivity index (χ4n) is 0.777. The van der Waals surface area contributed by atoms with Gasteiger partial charge in [-0.3, -0.25) is 4.68 Å². The third-order valence-electron chi connectivity index (χ3n) is 1.26. The minimum atomic E-state index is -4.40. The second kappa shape index (κ2) is 3.41. The standard InChI is InChI=1S/C7H6ClF3N2/c1-5(8)4-13-3-2-6(12-13)7(9,10)11/h2-3H,1,4H2. The Balaban J connectivity index is 2.81. The summed E-state index contributed by atoms with van der Waals surface area (Å²) in [7, 11) is 0. The predicted molar refractivity (Wildman–Crippen MR) is 42.2 cm³/mol. The van der Waals surface area contributed by atoms with Crippen LogP contribution in [0.1, 0.15) is 5.69 Å². The maximum Gasteiger partial charge on any atom is 0.435 e. The van der Waals surface area contributed by atoms with Crippen molar-refractivity contribution in [3.05, 3.63) is 29.6 Å². The second-order valence-electron chi connectivity index (χ2n) is 2.41. The summed E-state index contributed by atoms with van der Waals surface area (Å²) in [5.74, 6) is 0. The molecule has 13 heavy (non-hydrogen) atoms. The van der Waals surface area contributed by atoms with Crippen LogP contribution in [-0.2, 0) is 12.7 Å². The van der Waals surface area contributed by atoms with Crippen LogP contribution in [0.4, 0.5) is 13.2 Å². The molecular weight excluding hydrogens is 205 g/mol. The number of hydrogen-bond donors (Lipinski definition) is 0. The Morgan fingerprint density at radius 3 is 2.62 bits per heavy atom. The van der Waals surface area contributed by atoms with Gasteiger partial charge in [0.1, 0.15) is 0 Å². The van der Waals surface area contributed by atoms with Gasteiger partial charge in [0.25, 0.3) is 0 Å². The van der Waals surface area contributed by atoms with Gasteiger partial charge in [-0.25, -0.2) is 0 Å². The Hall–Kier alpha value is -0.970. The Bertz CT molecular complexity index is 316. The quantitative estimate of drug-likeness (QED) is 0.734. The predicted octanol–water partition coefficient (Wildman–Crippen LogP) is 2.65. The van der Waals surface area contributed by atoms with Gasteiger partial charge in [0.2, 0.25) is 0 Å². The van der Waals surface area contributed by atoms with Gasteiger partial charge in [-0.2, -0.15) is 18.3 Å². The maximum absolute atomic E-state index is 12.0. The fraction of sp³-hybridized carbons (Fsp3) is 0.286. The fourth-order valence-corrected chi connectivity index (χ4v) is 0.899. The van der Waals surface area contributed by atoms with E-state index in [-0.39, 0.29) is 11.6 Å². The Morgan fingerprint density at radius 2 is 2.23 bits per heavy atom. The molecule has 0 bridgehead atoms. The SMILES string of the molecule is C=C(Cl)Cn1ccc(C(F)(F)F)n1. The van der Waals surface area contributed by atoms with Gasteiger partial charge in [0.05, 0.1) is 6.54 Å². The van der Waals surface area contributed by atoms with E-state index in [1.807, 2.05) is 0 Å². The molecule has 0 aliphatic heterocycles. The summed E-state index contributed by atoms with van der Waals surface area (Å²) in [6, 6.07) is 0.889. The van der Waals surface area contributed by atoms with Crippen molar-refractivity contribution in [2.45, 2.75) is 12.7 Å². The van der Waals surface area contributed by atoms with Gasteiger partial charge in [0, 0.05) is 11.2 Å². The van der Waals surface area contributed by atoms with E-state index in [1.54, 1.807) is 0 Å². The third kappa shape index (κ3) is 2.77. The zero-order valence-electron chi connectivity index (χ0n) is 6.48. The van der Waals surface area contributed by atoms with Crippen molar-refractivity contribution in [3.63, 3.8) is 0 Å². The number of aromatic nitrogens is 2. The highest BCUT2D eigenvalue weighted by molar-refractivity contribution is 6.29. The average molecular weight is 211 g/mol. The van der Waals surface area contributed by atoms with Gasteiger partial charge < -0.3 is 0 Å². The topological polar surface area (TPSA) is 17.8 Å². The number of rotatable bonds is 2. The van der Waals surface area contributed by atoms with Crippen molar-refractivity contribution in [3.8, 4) is 0 Å². The number of alkyl halides is 3. The lowest BCUT2D eigenvalue weighted by Gasteiger charge is -2.01. The maximum atomic E-state index is 12.0. The Kier molecular flexibility index (Phi) is 2.66. The van der Waals surface area contributed by atoms with Gasteiger partial charge in [-0.15, -0.1) is 0 Å². The van der Waals surface area contributed by atoms with Crippen molar-refractivity contribution in [2.75, 3.05) is 0 Å². The zero-order chi connectivity index (χ0) is 10.1. The molecule has 1 heterocycles. The number of nitrogens with zero attached hydrogens (tertiary/aromatic N) is 2. The van der Waals surface area contributed by atoms with Crippen molar-refractivity contribution in [1.29, 1.82) is 0 Å². The molecular formula is C7H6ClF3N2. The van der Waals surface area contributed by atoms with Crippen molar-refractivity contribution in [1.82, 2.24) is 9.78 Å². The van der Waals surface area contributed by atoms with Gasteiger partial charge in [-0.1, -0.05) is 18.2 Å². The first-order valence-corrected chi connectivity index (χ1v) is 3.71. The second-order valence-corrected chi connectivity index (χ2v) is 2.95. The molecule has 0 aromatic carbocycles. The van der Waals surface area contributed by atoms with E-state index >= 15 is 0 Å². The van der Waals surface area contributed by atoms with Crippen LogP contribution in [0, 0.1) is 0 Å². The van der Waals surface area contributed by atoms with E-state index in [0.29, 0.717) is 0 Å². The first-order valence-electron chi connectivity index (χ1n) is 3.33. The molecule has 0 saturated heterocycles. The number of hydrogen-bond acceptors (Lipinski definition) is 1. The lowest BCUT2D eigenvalue weighted by atomic mass is 10.4. The molecule has 1 aromatic heterocycles. The summed E-state index contributed by atoms with van der Waals surface area (Å²) >= 11 is 5.40. The minimum absolute atomic E-state index is 0.0810. The molecule has 1 rings (SSSR count). The molecule has 0 aliphatic rings. The average Bonchev–Trinajstić information content (AvgIpc) is 2.32. The van der Waals surface area contributed by atoms with Crippen LogP contribution in [0.2, 0.25) is 0 Å². The minimum Gasteiger partial charge on any atom is -0.267 e. The highest BCUT2D eigenvalue weighted by Crippen LogP contribution is 2.27. The van der Waals surface area contributed by atoms with Crippen LogP contribution in [0.15, 0.2) is 23.9 Å². The zero-order valence-corrected chi connectivity index (χ0v) is 7.23. The molecule has 2 nitrogen and oxygen atoms in total. The molecule has 0 saturated carbocycles. The summed E-state index contributed by atoms with van der Waals surface area (Å²) in [5, 5.41) is 3.50. The van der Waals surface area contributed by atoms with Crippen molar-refractivity contribution >= 4 is 11.6 Å². The van der Waals surface area contributed by atoms with Gasteiger partial charge >= 0.3 is 6.18 Å². The summed E-state index contributed by atoms with van der Waals surface area (Å²) in [4.78, 5) is 0. The van der Waals surface area contributed by atoms with Crippen LogP contribution in [-0.4, -0.2) is 9.78 Å². The summed E-state index contributed by atoms with van der Waals surface area (Å²) in [6.45, 7) is 3.43. The summed E-state index contributed by atoms with van der Waals surface area (Å²) in [6.07, 6.45) is -3.20. The van der Waals surface area contributed by atoms with Crippen LogP contribution in [0.5, 0.6) is 0 Å². The van der Waals surface area contributed by atoms with Crippen molar-refractivity contribution < 1.29 is 13.2 Å². The van der Waals surface area contributed by atoms with E-state index in [2.05, 4.69) is 11.7 Å². The molecule has 6 heteroatoms. The van der Waals surface area contributed by atoms with E-state index in [0.717, 1.165) is 10.7 Å². The number of allylic oxidation sites excluding steroid dienone is 1. The molecule has 0 aliphatic carbocycles. The molecule has 0 atom stereocenters. The highest BCUT2D eigenvalue weighted by atomic mass is 35.5. The van der Waals surface area contributed by atoms with E-state index in [4.69, 9.17) is 11.6 Å². The van der Waals surface area contributed by atoms with Crippen molar-refractivity contribution in [2.24, 2.45) is 0 Å². The molecule has 1 aromatic rings. The molecule has 0 N–H and O–H groups in total. The smallest absolute Gasteiger partial charge is 0.267 e. The monoisotopic (exact) mass is 210 g/mol. The van der Waals surface area contributed by atoms with Crippen LogP contribution in [0.25, 0.3) is 0 Å². The normalized spacial score (nSPS) is 11.7. The summed E-state index contributed by atoms with van der Waals surface area (Å²) < 4.78 is 37.1. The molecule has 0 amide bonds. The summed E-state index contributed by atoms with van der Waals surface area (Å²) in [5.41, 5.74) is -0.926. The van der Waals surface area contributed by atoms with E-state index < -0.39 is 11.9 Å². The Labute approximate surface area is 77.6 Å². The Morgan fingerprint density at radius 1 is 1.62 bits per heavy atom. The first kappa shape index (κ1) is 10.1. The highest BCUT2D eigenvalue weighted by Gasteiger charge is 2.33. The van der Waals surface area contributed by atoms with Crippen LogP contribution >= 0.6 is 11.6 Å². The number of halogens is 4. The molecule has 0 unspecified atom stereocenters. The lowest BCUT2D eigenvalue weighted by Crippen LogP contribution is -2.07. The van der Waals surface area contributed by atoms with E-state index in [1.165, 1.54) is 6.20 Å². The van der Waals surface area contributed by atoms with E-state index in [9.17, 15) is 13.2 Å². The van der Waals surface area contributed by atoms with Gasteiger partial charge in [-0.05, 0) is 6.07 Å². The lowest BCUT2D eigenvalue weighted by molar-refractivity contribution is -0.141. The first-order chi connectivity index (χ1) is 5.89. The van der Waals surface area contributed by atoms with Crippen LogP contribution in [0.3, 0.4) is 0 Å². The largest absolute Gasteiger partial charge is 0.435 e. The molecule has 0 fully saturated rings. The molecule has 0 radical (unpaired) electrons. The molecule has 0 spiro atoms. The third-order valence-corrected chi connectivity index (χ3v) is 1.38. The van der Waals surface area contributed by atoms with Gasteiger partial charge in [0.15, 0.2) is 5.69 Å². The molecule has 72 valence electrons. The van der Waals surface area contributed by atoms with Crippen LogP contribution < -0.4 is 0 Å².